The van der Waals surface area contributed by atoms with Crippen LogP contribution in [0.15, 0.2) is 29.1 Å². The maximum absolute atomic E-state index is 12.4. The Morgan fingerprint density at radius 1 is 1.38 bits per heavy atom. The van der Waals surface area contributed by atoms with Gasteiger partial charge >= 0.3 is 6.43 Å². The summed E-state index contributed by atoms with van der Waals surface area (Å²) in [6.07, 6.45) is -3.15. The number of alkyl halides is 2. The minimum absolute atomic E-state index is 0.0930. The van der Waals surface area contributed by atoms with Gasteiger partial charge in [0.15, 0.2) is 0 Å². The lowest BCUT2D eigenvalue weighted by molar-refractivity contribution is -0.126. The molecule has 1 heterocycles. The molecule has 21 heavy (non-hydrogen) atoms. The van der Waals surface area contributed by atoms with E-state index in [-0.39, 0.29) is 16.3 Å². The molecule has 1 aromatic carbocycles. The van der Waals surface area contributed by atoms with Crippen LogP contribution in [-0.2, 0) is 4.79 Å². The number of aromatic amines is 1. The van der Waals surface area contributed by atoms with Crippen LogP contribution in [0.2, 0.25) is 5.02 Å². The molecular weight excluding hydrogens is 304 g/mol. The Labute approximate surface area is 122 Å². The molecule has 2 aromatic rings. The van der Waals surface area contributed by atoms with Crippen molar-refractivity contribution in [2.75, 3.05) is 5.32 Å². The van der Waals surface area contributed by atoms with Crippen LogP contribution < -0.4 is 10.9 Å². The molecule has 5 nitrogen and oxygen atoms in total. The number of H-pyrrole nitrogens is 1. The van der Waals surface area contributed by atoms with Gasteiger partial charge in [0.1, 0.15) is 0 Å². The number of carbonyl (C=O) groups is 1. The number of nitrogens with zero attached hydrogens (tertiary/aromatic N) is 1. The van der Waals surface area contributed by atoms with Gasteiger partial charge in [-0.05, 0) is 30.7 Å². The standard InChI is InChI=1S/C13H10ClF2N3O2/c1-6-4-10(20)18-19-11(6)8-3-2-7(14)5-9(8)17-13(21)12(15)16/h2-5,12H,1H3,(H,17,21)(H,18,20). The van der Waals surface area contributed by atoms with E-state index in [0.29, 0.717) is 16.8 Å². The minimum Gasteiger partial charge on any atom is -0.320 e. The van der Waals surface area contributed by atoms with Gasteiger partial charge in [-0.25, -0.2) is 5.10 Å². The van der Waals surface area contributed by atoms with Crippen molar-refractivity contribution in [1.29, 1.82) is 0 Å². The predicted molar refractivity (Wildman–Crippen MR) is 74.7 cm³/mol. The molecule has 1 amide bonds. The second kappa shape index (κ2) is 6.01. The molecular formula is C13H10ClF2N3O2. The number of aromatic nitrogens is 2. The molecule has 0 fully saturated rings. The van der Waals surface area contributed by atoms with E-state index in [0.717, 1.165) is 0 Å². The zero-order valence-corrected chi connectivity index (χ0v) is 11.5. The highest BCUT2D eigenvalue weighted by atomic mass is 35.5. The summed E-state index contributed by atoms with van der Waals surface area (Å²) in [7, 11) is 0. The van der Waals surface area contributed by atoms with Crippen molar-refractivity contribution >= 4 is 23.2 Å². The molecule has 110 valence electrons. The number of rotatable bonds is 3. The van der Waals surface area contributed by atoms with Crippen LogP contribution in [0.5, 0.6) is 0 Å². The summed E-state index contributed by atoms with van der Waals surface area (Å²) in [5.41, 5.74) is 0.977. The van der Waals surface area contributed by atoms with Crippen LogP contribution in [0.4, 0.5) is 14.5 Å². The SMILES string of the molecule is Cc1cc(=O)[nH]nc1-c1ccc(Cl)cc1NC(=O)C(F)F. The first-order valence-electron chi connectivity index (χ1n) is 5.83. The van der Waals surface area contributed by atoms with Crippen LogP contribution >= 0.6 is 11.6 Å². The predicted octanol–water partition coefficient (Wildman–Crippen LogP) is 2.60. The highest BCUT2D eigenvalue weighted by Crippen LogP contribution is 2.30. The maximum Gasteiger partial charge on any atom is 0.315 e. The van der Waals surface area contributed by atoms with E-state index in [2.05, 4.69) is 15.5 Å². The third-order valence-electron chi connectivity index (χ3n) is 2.69. The molecule has 0 aliphatic rings. The minimum atomic E-state index is -3.15. The summed E-state index contributed by atoms with van der Waals surface area (Å²) in [6.45, 7) is 1.64. The zero-order valence-electron chi connectivity index (χ0n) is 10.8. The Morgan fingerprint density at radius 2 is 2.10 bits per heavy atom. The quantitative estimate of drug-likeness (QED) is 0.914. The topological polar surface area (TPSA) is 74.8 Å². The molecule has 8 heteroatoms. The second-order valence-corrected chi connectivity index (χ2v) is 4.68. The van der Waals surface area contributed by atoms with Crippen molar-refractivity contribution in [3.63, 3.8) is 0 Å². The number of amides is 1. The Morgan fingerprint density at radius 3 is 2.71 bits per heavy atom. The fourth-order valence-corrected chi connectivity index (χ4v) is 1.95. The molecule has 0 aliphatic heterocycles. The summed E-state index contributed by atoms with van der Waals surface area (Å²) >= 11 is 5.82. The number of aryl methyl sites for hydroxylation is 1. The number of hydrogen-bond acceptors (Lipinski definition) is 3. The van der Waals surface area contributed by atoms with E-state index in [1.807, 2.05) is 0 Å². The molecule has 0 atom stereocenters. The number of anilines is 1. The number of hydrogen-bond donors (Lipinski definition) is 2. The van der Waals surface area contributed by atoms with Gasteiger partial charge in [-0.15, -0.1) is 0 Å². The molecule has 2 N–H and O–H groups in total. The highest BCUT2D eigenvalue weighted by molar-refractivity contribution is 6.31. The number of halogens is 3. The van der Waals surface area contributed by atoms with E-state index in [1.54, 1.807) is 6.92 Å². The monoisotopic (exact) mass is 313 g/mol. The summed E-state index contributed by atoms with van der Waals surface area (Å²) in [4.78, 5) is 22.3. The molecule has 0 bridgehead atoms. The number of carbonyl (C=O) groups excluding carboxylic acids is 1. The summed E-state index contributed by atoms with van der Waals surface area (Å²) in [5, 5.41) is 8.48. The molecule has 0 unspecified atom stereocenters. The van der Waals surface area contributed by atoms with Crippen LogP contribution in [0.1, 0.15) is 5.56 Å². The summed E-state index contributed by atoms with van der Waals surface area (Å²) in [5.74, 6) is -1.44. The van der Waals surface area contributed by atoms with Crippen LogP contribution in [0.25, 0.3) is 11.3 Å². The van der Waals surface area contributed by atoms with Gasteiger partial charge in [0.05, 0.1) is 11.4 Å². The van der Waals surface area contributed by atoms with E-state index < -0.39 is 12.3 Å². The van der Waals surface area contributed by atoms with Gasteiger partial charge in [0.25, 0.3) is 11.5 Å². The van der Waals surface area contributed by atoms with Crippen molar-refractivity contribution in [3.8, 4) is 11.3 Å². The molecule has 2 rings (SSSR count). The highest BCUT2D eigenvalue weighted by Gasteiger charge is 2.18. The van der Waals surface area contributed by atoms with E-state index >= 15 is 0 Å². The van der Waals surface area contributed by atoms with Gasteiger partial charge in [-0.2, -0.15) is 13.9 Å². The Bertz CT molecular complexity index is 746. The van der Waals surface area contributed by atoms with Crippen molar-refractivity contribution in [2.45, 2.75) is 13.3 Å². The van der Waals surface area contributed by atoms with Crippen LogP contribution in [-0.4, -0.2) is 22.5 Å². The number of nitrogens with one attached hydrogen (secondary N) is 2. The lowest BCUT2D eigenvalue weighted by atomic mass is 10.1. The largest absolute Gasteiger partial charge is 0.320 e. The van der Waals surface area contributed by atoms with Gasteiger partial charge in [-0.3, -0.25) is 9.59 Å². The second-order valence-electron chi connectivity index (χ2n) is 4.24. The molecule has 0 aliphatic carbocycles. The Kier molecular flexibility index (Phi) is 4.32. The number of benzene rings is 1. The van der Waals surface area contributed by atoms with E-state index in [9.17, 15) is 18.4 Å². The van der Waals surface area contributed by atoms with Crippen LogP contribution in [0.3, 0.4) is 0 Å². The zero-order chi connectivity index (χ0) is 15.6. The summed E-state index contributed by atoms with van der Waals surface area (Å²) in [6, 6.07) is 5.71. The van der Waals surface area contributed by atoms with Crippen molar-refractivity contribution in [1.82, 2.24) is 10.2 Å². The van der Waals surface area contributed by atoms with Gasteiger partial charge in [0, 0.05) is 16.7 Å². The third kappa shape index (κ3) is 3.43. The average molecular weight is 314 g/mol. The molecule has 1 aromatic heterocycles. The smallest absolute Gasteiger partial charge is 0.315 e. The molecule has 0 saturated heterocycles. The average Bonchev–Trinajstić information content (AvgIpc) is 2.40. The normalized spacial score (nSPS) is 10.7. The Hall–Kier alpha value is -2.28. The van der Waals surface area contributed by atoms with Gasteiger partial charge in [0.2, 0.25) is 0 Å². The first-order valence-corrected chi connectivity index (χ1v) is 6.21. The molecule has 0 radical (unpaired) electrons. The molecule has 0 saturated carbocycles. The van der Waals surface area contributed by atoms with Crippen LogP contribution in [0, 0.1) is 6.92 Å². The maximum atomic E-state index is 12.4. The third-order valence-corrected chi connectivity index (χ3v) is 2.93. The van der Waals surface area contributed by atoms with E-state index in [4.69, 9.17) is 11.6 Å². The summed E-state index contributed by atoms with van der Waals surface area (Å²) < 4.78 is 24.7. The molecule has 0 spiro atoms. The van der Waals surface area contributed by atoms with E-state index in [1.165, 1.54) is 24.3 Å². The fourth-order valence-electron chi connectivity index (χ4n) is 1.78. The van der Waals surface area contributed by atoms with Gasteiger partial charge in [-0.1, -0.05) is 11.6 Å². The Balaban J connectivity index is 2.53. The van der Waals surface area contributed by atoms with Crippen molar-refractivity contribution < 1.29 is 13.6 Å². The lowest BCUT2D eigenvalue weighted by Crippen LogP contribution is -2.20. The van der Waals surface area contributed by atoms with Gasteiger partial charge < -0.3 is 5.32 Å². The van der Waals surface area contributed by atoms with Crippen molar-refractivity contribution in [3.05, 3.63) is 45.2 Å². The fraction of sp³-hybridized carbons (Fsp3) is 0.154. The first-order chi connectivity index (χ1) is 9.88. The lowest BCUT2D eigenvalue weighted by Gasteiger charge is -2.12. The first kappa shape index (κ1) is 15.1. The van der Waals surface area contributed by atoms with Crippen molar-refractivity contribution in [2.24, 2.45) is 0 Å².